The lowest BCUT2D eigenvalue weighted by Crippen LogP contribution is -2.45. The normalized spacial score (nSPS) is 20.2. The molecule has 0 aliphatic carbocycles. The molecule has 1 aliphatic rings. The molecule has 5 heteroatoms. The molecule has 2 N–H and O–H groups in total. The minimum atomic E-state index is 0.206. The number of nitrogens with two attached hydrogens (primary N) is 1. The van der Waals surface area contributed by atoms with Gasteiger partial charge in [-0.25, -0.2) is 4.98 Å². The number of likely N-dealkylation sites (N-methyl/N-ethyl adjacent to an activating group) is 1. The number of hydrogen-bond acceptors (Lipinski definition) is 5. The molecule has 1 atom stereocenters. The van der Waals surface area contributed by atoms with Gasteiger partial charge in [-0.3, -0.25) is 0 Å². The SMILES string of the molecule is CC(N)Cc1csc(CCN2CCN(C)CC2)n1. The summed E-state index contributed by atoms with van der Waals surface area (Å²) in [6.07, 6.45) is 1.97. The zero-order chi connectivity index (χ0) is 13.0. The van der Waals surface area contributed by atoms with Crippen molar-refractivity contribution in [3.8, 4) is 0 Å². The minimum Gasteiger partial charge on any atom is -0.328 e. The van der Waals surface area contributed by atoms with E-state index in [0.29, 0.717) is 0 Å². The Kier molecular flexibility index (Phi) is 5.12. The molecule has 1 fully saturated rings. The van der Waals surface area contributed by atoms with E-state index in [0.717, 1.165) is 25.1 Å². The summed E-state index contributed by atoms with van der Waals surface area (Å²) in [4.78, 5) is 9.58. The third-order valence-electron chi connectivity index (χ3n) is 3.37. The van der Waals surface area contributed by atoms with Crippen LogP contribution in [0.4, 0.5) is 0 Å². The van der Waals surface area contributed by atoms with Crippen molar-refractivity contribution < 1.29 is 0 Å². The lowest BCUT2D eigenvalue weighted by Gasteiger charge is -2.32. The van der Waals surface area contributed by atoms with E-state index in [1.54, 1.807) is 11.3 Å². The Balaban J connectivity index is 1.74. The van der Waals surface area contributed by atoms with Gasteiger partial charge in [0.1, 0.15) is 0 Å². The Hall–Kier alpha value is -0.490. The quantitative estimate of drug-likeness (QED) is 0.859. The van der Waals surface area contributed by atoms with Crippen LogP contribution in [0.1, 0.15) is 17.6 Å². The largest absolute Gasteiger partial charge is 0.328 e. The fraction of sp³-hybridized carbons (Fsp3) is 0.769. The van der Waals surface area contributed by atoms with Crippen molar-refractivity contribution in [1.82, 2.24) is 14.8 Å². The Bertz CT molecular complexity index is 356. The number of nitrogens with zero attached hydrogens (tertiary/aromatic N) is 3. The molecule has 0 spiro atoms. The van der Waals surface area contributed by atoms with Crippen molar-refractivity contribution in [3.05, 3.63) is 16.1 Å². The highest BCUT2D eigenvalue weighted by Crippen LogP contribution is 2.12. The fourth-order valence-corrected chi connectivity index (χ4v) is 3.01. The van der Waals surface area contributed by atoms with E-state index in [1.807, 2.05) is 6.92 Å². The number of rotatable bonds is 5. The summed E-state index contributed by atoms with van der Waals surface area (Å²) in [6, 6.07) is 0.206. The lowest BCUT2D eigenvalue weighted by molar-refractivity contribution is 0.155. The fourth-order valence-electron chi connectivity index (χ4n) is 2.21. The Morgan fingerprint density at radius 1 is 1.39 bits per heavy atom. The molecule has 0 bridgehead atoms. The molecule has 2 heterocycles. The van der Waals surface area contributed by atoms with Crippen LogP contribution >= 0.6 is 11.3 Å². The van der Waals surface area contributed by atoms with Crippen LogP contribution in [-0.2, 0) is 12.8 Å². The summed E-state index contributed by atoms with van der Waals surface area (Å²) in [5, 5.41) is 3.41. The van der Waals surface area contributed by atoms with E-state index in [1.165, 1.54) is 31.2 Å². The molecule has 102 valence electrons. The van der Waals surface area contributed by atoms with Gasteiger partial charge in [0, 0.05) is 57.0 Å². The summed E-state index contributed by atoms with van der Waals surface area (Å²) in [6.45, 7) is 7.92. The molecule has 0 saturated carbocycles. The zero-order valence-corrected chi connectivity index (χ0v) is 12.2. The monoisotopic (exact) mass is 268 g/mol. The molecule has 4 nitrogen and oxygen atoms in total. The summed E-state index contributed by atoms with van der Waals surface area (Å²) >= 11 is 1.78. The smallest absolute Gasteiger partial charge is 0.0941 e. The Labute approximate surface area is 114 Å². The highest BCUT2D eigenvalue weighted by Gasteiger charge is 2.14. The van der Waals surface area contributed by atoms with E-state index < -0.39 is 0 Å². The Morgan fingerprint density at radius 2 is 2.11 bits per heavy atom. The summed E-state index contributed by atoms with van der Waals surface area (Å²) in [5.74, 6) is 0. The van der Waals surface area contributed by atoms with Gasteiger partial charge in [0.05, 0.1) is 10.7 Å². The average molecular weight is 268 g/mol. The number of thiazole rings is 1. The first-order valence-electron chi connectivity index (χ1n) is 6.73. The van der Waals surface area contributed by atoms with Crippen LogP contribution in [0.5, 0.6) is 0 Å². The second-order valence-corrected chi connectivity index (χ2v) is 6.25. The molecule has 1 saturated heterocycles. The summed E-state index contributed by atoms with van der Waals surface area (Å²) in [7, 11) is 2.19. The maximum atomic E-state index is 5.79. The zero-order valence-electron chi connectivity index (χ0n) is 11.4. The van der Waals surface area contributed by atoms with Gasteiger partial charge in [-0.1, -0.05) is 0 Å². The third kappa shape index (κ3) is 4.31. The molecule has 1 aliphatic heterocycles. The van der Waals surface area contributed by atoms with Crippen molar-refractivity contribution in [2.24, 2.45) is 5.73 Å². The van der Waals surface area contributed by atoms with Crippen LogP contribution in [0.15, 0.2) is 5.38 Å². The molecule has 0 amide bonds. The van der Waals surface area contributed by atoms with E-state index in [4.69, 9.17) is 5.73 Å². The third-order valence-corrected chi connectivity index (χ3v) is 4.33. The van der Waals surface area contributed by atoms with Gasteiger partial charge in [0.25, 0.3) is 0 Å². The van der Waals surface area contributed by atoms with Gasteiger partial charge in [0.2, 0.25) is 0 Å². The molecular weight excluding hydrogens is 244 g/mol. The molecular formula is C13H24N4S. The van der Waals surface area contributed by atoms with Gasteiger partial charge in [-0.05, 0) is 14.0 Å². The molecule has 1 aromatic heterocycles. The molecule has 1 aromatic rings. The number of piperazine rings is 1. The number of hydrogen-bond donors (Lipinski definition) is 1. The molecule has 1 unspecified atom stereocenters. The first-order valence-corrected chi connectivity index (χ1v) is 7.61. The second-order valence-electron chi connectivity index (χ2n) is 5.31. The van der Waals surface area contributed by atoms with Crippen LogP contribution in [0.3, 0.4) is 0 Å². The first kappa shape index (κ1) is 13.9. The maximum absolute atomic E-state index is 5.79. The van der Waals surface area contributed by atoms with E-state index >= 15 is 0 Å². The Morgan fingerprint density at radius 3 is 2.78 bits per heavy atom. The predicted molar refractivity (Wildman–Crippen MR) is 77.1 cm³/mol. The van der Waals surface area contributed by atoms with Crippen molar-refractivity contribution in [2.45, 2.75) is 25.8 Å². The van der Waals surface area contributed by atoms with Crippen molar-refractivity contribution in [3.63, 3.8) is 0 Å². The van der Waals surface area contributed by atoms with Gasteiger partial charge in [0.15, 0.2) is 0 Å². The van der Waals surface area contributed by atoms with Crippen LogP contribution in [0, 0.1) is 0 Å². The van der Waals surface area contributed by atoms with Crippen LogP contribution in [0.2, 0.25) is 0 Å². The predicted octanol–water partition coefficient (Wildman–Crippen LogP) is 0.823. The van der Waals surface area contributed by atoms with E-state index in [-0.39, 0.29) is 6.04 Å². The number of aromatic nitrogens is 1. The summed E-state index contributed by atoms with van der Waals surface area (Å²) in [5.41, 5.74) is 6.95. The van der Waals surface area contributed by atoms with Gasteiger partial charge >= 0.3 is 0 Å². The van der Waals surface area contributed by atoms with Crippen LogP contribution in [-0.4, -0.2) is 60.6 Å². The van der Waals surface area contributed by atoms with Crippen LogP contribution in [0.25, 0.3) is 0 Å². The second kappa shape index (κ2) is 6.61. The minimum absolute atomic E-state index is 0.206. The highest BCUT2D eigenvalue weighted by atomic mass is 32.1. The van der Waals surface area contributed by atoms with E-state index in [2.05, 4.69) is 27.2 Å². The molecule has 0 aromatic carbocycles. The lowest BCUT2D eigenvalue weighted by atomic mass is 10.2. The molecule has 18 heavy (non-hydrogen) atoms. The van der Waals surface area contributed by atoms with Crippen molar-refractivity contribution in [2.75, 3.05) is 39.8 Å². The summed E-state index contributed by atoms with van der Waals surface area (Å²) < 4.78 is 0. The molecule has 2 rings (SSSR count). The van der Waals surface area contributed by atoms with Crippen LogP contribution < -0.4 is 5.73 Å². The van der Waals surface area contributed by atoms with Gasteiger partial charge < -0.3 is 15.5 Å². The highest BCUT2D eigenvalue weighted by molar-refractivity contribution is 7.09. The maximum Gasteiger partial charge on any atom is 0.0941 e. The van der Waals surface area contributed by atoms with Crippen molar-refractivity contribution in [1.29, 1.82) is 0 Å². The first-order chi connectivity index (χ1) is 8.63. The topological polar surface area (TPSA) is 45.4 Å². The average Bonchev–Trinajstić information content (AvgIpc) is 2.75. The van der Waals surface area contributed by atoms with Gasteiger partial charge in [-0.15, -0.1) is 11.3 Å². The molecule has 0 radical (unpaired) electrons. The standard InChI is InChI=1S/C13H24N4S/c1-11(14)9-12-10-18-13(15-12)3-4-17-7-5-16(2)6-8-17/h10-11H,3-9,14H2,1-2H3. The van der Waals surface area contributed by atoms with E-state index in [9.17, 15) is 0 Å². The van der Waals surface area contributed by atoms with Gasteiger partial charge in [-0.2, -0.15) is 0 Å². The van der Waals surface area contributed by atoms with Crippen molar-refractivity contribution >= 4 is 11.3 Å².